The fourth-order valence-corrected chi connectivity index (χ4v) is 3.63. The second-order valence-corrected chi connectivity index (χ2v) is 6.91. The Morgan fingerprint density at radius 1 is 1.00 bits per heavy atom. The molecule has 0 aromatic heterocycles. The number of carbonyl (C=O) groups is 2. The molecule has 6 nitrogen and oxygen atoms in total. The average molecular weight is 365 g/mol. The van der Waals surface area contributed by atoms with E-state index < -0.39 is 0 Å². The van der Waals surface area contributed by atoms with Crippen molar-refractivity contribution in [2.45, 2.75) is 18.6 Å². The molecule has 0 spiro atoms. The van der Waals surface area contributed by atoms with Crippen LogP contribution in [-0.2, 0) is 9.53 Å². The van der Waals surface area contributed by atoms with E-state index in [0.717, 1.165) is 11.3 Å². The molecule has 2 aliphatic rings. The third-order valence-corrected chi connectivity index (χ3v) is 5.05. The summed E-state index contributed by atoms with van der Waals surface area (Å²) in [5, 5.41) is 3.02. The highest BCUT2D eigenvalue weighted by Crippen LogP contribution is 2.23. The maximum absolute atomic E-state index is 12.7. The first kappa shape index (κ1) is 17.5. The van der Waals surface area contributed by atoms with Crippen LogP contribution in [0.1, 0.15) is 18.1 Å². The van der Waals surface area contributed by atoms with Gasteiger partial charge in [0.05, 0.1) is 19.2 Å². The molecule has 2 aromatic rings. The lowest BCUT2D eigenvalue weighted by Crippen LogP contribution is -2.50. The molecule has 2 saturated heterocycles. The Hall–Kier alpha value is -2.86. The Morgan fingerprint density at radius 2 is 1.70 bits per heavy atom. The second-order valence-electron chi connectivity index (χ2n) is 6.91. The van der Waals surface area contributed by atoms with Gasteiger partial charge in [0.1, 0.15) is 6.10 Å². The molecule has 4 rings (SSSR count). The molecule has 2 fully saturated rings. The molecule has 2 aromatic carbocycles. The van der Waals surface area contributed by atoms with Crippen LogP contribution in [0.15, 0.2) is 60.7 Å². The monoisotopic (exact) mass is 365 g/mol. The fourth-order valence-electron chi connectivity index (χ4n) is 3.63. The number of ether oxygens (including phenoxy) is 1. The van der Waals surface area contributed by atoms with Crippen molar-refractivity contribution in [1.29, 1.82) is 0 Å². The number of hydrogen-bond acceptors (Lipinski definition) is 3. The van der Waals surface area contributed by atoms with Crippen molar-refractivity contribution >= 4 is 17.6 Å². The van der Waals surface area contributed by atoms with Crippen LogP contribution < -0.4 is 10.2 Å². The van der Waals surface area contributed by atoms with Gasteiger partial charge in [0.15, 0.2) is 0 Å². The quantitative estimate of drug-likeness (QED) is 0.909. The number of amides is 3. The van der Waals surface area contributed by atoms with Crippen molar-refractivity contribution in [2.75, 3.05) is 31.1 Å². The minimum atomic E-state index is -0.178. The maximum Gasteiger partial charge on any atom is 0.317 e. The van der Waals surface area contributed by atoms with Crippen molar-refractivity contribution in [3.05, 3.63) is 66.2 Å². The molecule has 0 bridgehead atoms. The van der Waals surface area contributed by atoms with Gasteiger partial charge in [-0.2, -0.15) is 0 Å². The number of nitrogens with one attached hydrogen (secondary N) is 1. The van der Waals surface area contributed by atoms with Crippen LogP contribution in [0, 0.1) is 0 Å². The molecule has 2 atom stereocenters. The van der Waals surface area contributed by atoms with Gasteiger partial charge in [0.2, 0.25) is 5.91 Å². The predicted octanol–water partition coefficient (Wildman–Crippen LogP) is 2.58. The Kier molecular flexibility index (Phi) is 5.07. The summed E-state index contributed by atoms with van der Waals surface area (Å²) in [6.07, 6.45) is 0.212. The highest BCUT2D eigenvalue weighted by Gasteiger charge is 2.33. The number of rotatable bonds is 3. The van der Waals surface area contributed by atoms with Crippen LogP contribution in [0.4, 0.5) is 10.5 Å². The third-order valence-electron chi connectivity index (χ3n) is 5.05. The van der Waals surface area contributed by atoms with E-state index in [1.165, 1.54) is 0 Å². The predicted molar refractivity (Wildman–Crippen MR) is 102 cm³/mol. The summed E-state index contributed by atoms with van der Waals surface area (Å²) in [5.41, 5.74) is 1.94. The Balaban J connectivity index is 1.36. The fraction of sp³-hybridized carbons (Fsp3) is 0.333. The lowest BCUT2D eigenvalue weighted by molar-refractivity contribution is -0.117. The Bertz CT molecular complexity index is 797. The topological polar surface area (TPSA) is 61.9 Å². The molecule has 2 heterocycles. The zero-order valence-electron chi connectivity index (χ0n) is 15.1. The van der Waals surface area contributed by atoms with Crippen molar-refractivity contribution in [1.82, 2.24) is 10.2 Å². The number of carbonyl (C=O) groups excluding carboxylic acids is 2. The summed E-state index contributed by atoms with van der Waals surface area (Å²) in [7, 11) is 0. The van der Waals surface area contributed by atoms with E-state index in [0.29, 0.717) is 32.7 Å². The number of hydrogen-bond donors (Lipinski definition) is 1. The molecular weight excluding hydrogens is 342 g/mol. The molecule has 0 saturated carbocycles. The minimum Gasteiger partial charge on any atom is -0.370 e. The van der Waals surface area contributed by atoms with Crippen molar-refractivity contribution in [2.24, 2.45) is 0 Å². The number of para-hydroxylation sites is 1. The van der Waals surface area contributed by atoms with Gasteiger partial charge in [-0.3, -0.25) is 4.79 Å². The molecular formula is C21H23N3O3. The Morgan fingerprint density at radius 3 is 2.44 bits per heavy atom. The Labute approximate surface area is 158 Å². The van der Waals surface area contributed by atoms with Crippen LogP contribution in [0.25, 0.3) is 0 Å². The second kappa shape index (κ2) is 7.80. The van der Waals surface area contributed by atoms with Crippen molar-refractivity contribution in [3.63, 3.8) is 0 Å². The lowest BCUT2D eigenvalue weighted by atomic mass is 10.1. The average Bonchev–Trinajstić information content (AvgIpc) is 3.09. The third kappa shape index (κ3) is 3.95. The summed E-state index contributed by atoms with van der Waals surface area (Å²) in [5.74, 6) is 0.0376. The molecule has 27 heavy (non-hydrogen) atoms. The minimum absolute atomic E-state index is 0.0376. The van der Waals surface area contributed by atoms with Crippen molar-refractivity contribution in [3.8, 4) is 0 Å². The summed E-state index contributed by atoms with van der Waals surface area (Å²) in [6, 6.07) is 19.2. The van der Waals surface area contributed by atoms with Crippen LogP contribution in [0.2, 0.25) is 0 Å². The van der Waals surface area contributed by atoms with Gasteiger partial charge in [-0.05, 0) is 17.7 Å². The smallest absolute Gasteiger partial charge is 0.317 e. The standard InChI is InChI=1S/C21H23N3O3/c25-20-13-17(14-24(20)18-9-5-2-6-10-18)22-21(26)23-11-12-27-19(15-23)16-7-3-1-4-8-16/h1-10,17,19H,11-15H2,(H,22,26)/t17-,19+/m0/s1. The number of nitrogens with zero attached hydrogens (tertiary/aromatic N) is 2. The molecule has 1 N–H and O–H groups in total. The first-order valence-corrected chi connectivity index (χ1v) is 9.28. The van der Waals surface area contributed by atoms with E-state index in [-0.39, 0.29) is 24.1 Å². The van der Waals surface area contributed by atoms with Crippen LogP contribution in [0.3, 0.4) is 0 Å². The zero-order chi connectivity index (χ0) is 18.6. The van der Waals surface area contributed by atoms with E-state index in [2.05, 4.69) is 5.32 Å². The number of anilines is 1. The summed E-state index contributed by atoms with van der Waals surface area (Å²) >= 11 is 0. The number of benzene rings is 2. The molecule has 0 aliphatic carbocycles. The lowest BCUT2D eigenvalue weighted by Gasteiger charge is -2.33. The van der Waals surface area contributed by atoms with Gasteiger partial charge in [0.25, 0.3) is 0 Å². The zero-order valence-corrected chi connectivity index (χ0v) is 15.1. The molecule has 140 valence electrons. The summed E-state index contributed by atoms with van der Waals surface area (Å²) in [6.45, 7) is 2.07. The summed E-state index contributed by atoms with van der Waals surface area (Å²) < 4.78 is 5.82. The highest BCUT2D eigenvalue weighted by molar-refractivity contribution is 5.96. The van der Waals surface area contributed by atoms with E-state index in [1.807, 2.05) is 60.7 Å². The molecule has 6 heteroatoms. The molecule has 2 aliphatic heterocycles. The van der Waals surface area contributed by atoms with Gasteiger partial charge in [-0.1, -0.05) is 48.5 Å². The van der Waals surface area contributed by atoms with E-state index >= 15 is 0 Å². The molecule has 3 amide bonds. The van der Waals surface area contributed by atoms with Crippen molar-refractivity contribution < 1.29 is 14.3 Å². The first-order valence-electron chi connectivity index (χ1n) is 9.28. The van der Waals surface area contributed by atoms with Gasteiger partial charge in [-0.15, -0.1) is 0 Å². The van der Waals surface area contributed by atoms with E-state index in [1.54, 1.807) is 9.80 Å². The number of morpholine rings is 1. The van der Waals surface area contributed by atoms with Crippen LogP contribution in [0.5, 0.6) is 0 Å². The van der Waals surface area contributed by atoms with Gasteiger partial charge < -0.3 is 19.9 Å². The van der Waals surface area contributed by atoms with Crippen LogP contribution >= 0.6 is 0 Å². The van der Waals surface area contributed by atoms with E-state index in [4.69, 9.17) is 4.74 Å². The SMILES string of the molecule is O=C(N[C@H]1CC(=O)N(c2ccccc2)C1)N1CCO[C@@H](c2ccccc2)C1. The largest absolute Gasteiger partial charge is 0.370 e. The van der Waals surface area contributed by atoms with Crippen LogP contribution in [-0.4, -0.2) is 49.1 Å². The van der Waals surface area contributed by atoms with Gasteiger partial charge in [0, 0.05) is 25.2 Å². The molecule has 0 unspecified atom stereocenters. The highest BCUT2D eigenvalue weighted by atomic mass is 16.5. The van der Waals surface area contributed by atoms with Gasteiger partial charge >= 0.3 is 6.03 Å². The van der Waals surface area contributed by atoms with Gasteiger partial charge in [-0.25, -0.2) is 4.79 Å². The maximum atomic E-state index is 12.7. The normalized spacial score (nSPS) is 22.7. The molecule has 0 radical (unpaired) electrons. The first-order chi connectivity index (χ1) is 13.2. The summed E-state index contributed by atoms with van der Waals surface area (Å²) in [4.78, 5) is 28.5. The number of urea groups is 1. The van der Waals surface area contributed by atoms with E-state index in [9.17, 15) is 9.59 Å².